The fraction of sp³-hybridized carbons (Fsp3) is 0.286. The van der Waals surface area contributed by atoms with Crippen molar-refractivity contribution in [3.63, 3.8) is 0 Å². The van der Waals surface area contributed by atoms with Crippen molar-refractivity contribution >= 4 is 23.2 Å². The minimum Gasteiger partial charge on any atom is -0.339 e. The molecular weight excluding hydrogens is 362 g/mol. The lowest BCUT2D eigenvalue weighted by Gasteiger charge is -2.21. The van der Waals surface area contributed by atoms with Gasteiger partial charge in [-0.3, -0.25) is 4.79 Å². The molecule has 3 aromatic rings. The first-order valence-corrected chi connectivity index (χ1v) is 9.28. The van der Waals surface area contributed by atoms with Gasteiger partial charge in [-0.15, -0.1) is 0 Å². The number of aryl methyl sites for hydroxylation is 3. The normalized spacial score (nSPS) is 17.0. The van der Waals surface area contributed by atoms with Crippen molar-refractivity contribution in [3.8, 4) is 11.4 Å². The number of amides is 1. The Balaban J connectivity index is 1.60. The molecular formula is C21H20ClN3O2. The summed E-state index contributed by atoms with van der Waals surface area (Å²) < 4.78 is 5.47. The van der Waals surface area contributed by atoms with E-state index in [-0.39, 0.29) is 11.8 Å². The molecule has 6 heteroatoms. The molecule has 0 saturated carbocycles. The van der Waals surface area contributed by atoms with Crippen LogP contribution in [-0.4, -0.2) is 22.6 Å². The molecule has 1 amide bonds. The van der Waals surface area contributed by atoms with Crippen LogP contribution in [-0.2, 0) is 4.79 Å². The first-order valence-electron chi connectivity index (χ1n) is 8.90. The number of benzene rings is 2. The number of hydrogen-bond acceptors (Lipinski definition) is 4. The maximum absolute atomic E-state index is 12.7. The van der Waals surface area contributed by atoms with Crippen LogP contribution in [0.4, 0.5) is 5.69 Å². The van der Waals surface area contributed by atoms with Gasteiger partial charge in [-0.1, -0.05) is 46.6 Å². The number of hydrogen-bond donors (Lipinski definition) is 0. The Morgan fingerprint density at radius 1 is 1.15 bits per heavy atom. The van der Waals surface area contributed by atoms with Crippen molar-refractivity contribution < 1.29 is 9.32 Å². The summed E-state index contributed by atoms with van der Waals surface area (Å²) in [7, 11) is 0. The summed E-state index contributed by atoms with van der Waals surface area (Å²) >= 11 is 6.04. The lowest BCUT2D eigenvalue weighted by Crippen LogP contribution is -2.26. The average molecular weight is 382 g/mol. The van der Waals surface area contributed by atoms with Gasteiger partial charge < -0.3 is 9.42 Å². The predicted molar refractivity (Wildman–Crippen MR) is 105 cm³/mol. The van der Waals surface area contributed by atoms with Crippen LogP contribution >= 0.6 is 11.6 Å². The maximum Gasteiger partial charge on any atom is 0.232 e. The number of carbonyl (C=O) groups is 1. The van der Waals surface area contributed by atoms with Crippen molar-refractivity contribution in [1.29, 1.82) is 0 Å². The van der Waals surface area contributed by atoms with Crippen LogP contribution < -0.4 is 4.90 Å². The number of nitrogens with zero attached hydrogens (tertiary/aromatic N) is 3. The third kappa shape index (κ3) is 3.35. The SMILES string of the molecule is Cc1cc(C)c(N2CC(c3nc(-c4cccc(Cl)c4)no3)CC2=O)c(C)c1. The van der Waals surface area contributed by atoms with Gasteiger partial charge in [0.2, 0.25) is 17.6 Å². The zero-order valence-corrected chi connectivity index (χ0v) is 16.2. The van der Waals surface area contributed by atoms with E-state index in [0.29, 0.717) is 29.7 Å². The molecule has 1 aromatic heterocycles. The van der Waals surface area contributed by atoms with Gasteiger partial charge in [-0.05, 0) is 44.0 Å². The van der Waals surface area contributed by atoms with E-state index in [1.807, 2.05) is 30.9 Å². The van der Waals surface area contributed by atoms with E-state index in [1.54, 1.807) is 12.1 Å². The lowest BCUT2D eigenvalue weighted by molar-refractivity contribution is -0.117. The van der Waals surface area contributed by atoms with Crippen molar-refractivity contribution in [3.05, 3.63) is 64.0 Å². The highest BCUT2D eigenvalue weighted by Crippen LogP contribution is 2.35. The van der Waals surface area contributed by atoms with E-state index < -0.39 is 0 Å². The van der Waals surface area contributed by atoms with E-state index in [2.05, 4.69) is 29.2 Å². The molecule has 2 aromatic carbocycles. The molecule has 1 atom stereocenters. The Morgan fingerprint density at radius 2 is 1.89 bits per heavy atom. The molecule has 2 heterocycles. The maximum atomic E-state index is 12.7. The Morgan fingerprint density at radius 3 is 2.59 bits per heavy atom. The first kappa shape index (κ1) is 17.7. The number of carbonyl (C=O) groups excluding carboxylic acids is 1. The van der Waals surface area contributed by atoms with Crippen molar-refractivity contribution in [2.45, 2.75) is 33.1 Å². The fourth-order valence-electron chi connectivity index (χ4n) is 3.83. The zero-order chi connectivity index (χ0) is 19.1. The Kier molecular flexibility index (Phi) is 4.48. The minimum absolute atomic E-state index is 0.0811. The summed E-state index contributed by atoms with van der Waals surface area (Å²) in [5, 5.41) is 4.68. The van der Waals surface area contributed by atoms with E-state index in [1.165, 1.54) is 5.56 Å². The van der Waals surface area contributed by atoms with Crippen LogP contribution in [0.5, 0.6) is 0 Å². The summed E-state index contributed by atoms with van der Waals surface area (Å²) in [5.74, 6) is 0.944. The van der Waals surface area contributed by atoms with Gasteiger partial charge in [0.25, 0.3) is 0 Å². The van der Waals surface area contributed by atoms with Crippen LogP contribution in [0.15, 0.2) is 40.9 Å². The second-order valence-corrected chi connectivity index (χ2v) is 7.56. The number of halogens is 1. The van der Waals surface area contributed by atoms with Crippen molar-refractivity contribution in [2.24, 2.45) is 0 Å². The monoisotopic (exact) mass is 381 g/mol. The molecule has 0 N–H and O–H groups in total. The molecule has 1 unspecified atom stereocenters. The highest BCUT2D eigenvalue weighted by Gasteiger charge is 2.36. The highest BCUT2D eigenvalue weighted by atomic mass is 35.5. The molecule has 1 saturated heterocycles. The third-order valence-electron chi connectivity index (χ3n) is 4.90. The van der Waals surface area contributed by atoms with Gasteiger partial charge in [-0.25, -0.2) is 0 Å². The molecule has 4 rings (SSSR count). The van der Waals surface area contributed by atoms with Crippen molar-refractivity contribution in [1.82, 2.24) is 10.1 Å². The Hall–Kier alpha value is -2.66. The topological polar surface area (TPSA) is 59.2 Å². The molecule has 5 nitrogen and oxygen atoms in total. The van der Waals surface area contributed by atoms with Crippen LogP contribution in [0.1, 0.15) is 34.9 Å². The largest absolute Gasteiger partial charge is 0.339 e. The minimum atomic E-state index is -0.113. The van der Waals surface area contributed by atoms with Crippen LogP contribution in [0.25, 0.3) is 11.4 Å². The van der Waals surface area contributed by atoms with Crippen LogP contribution in [0.3, 0.4) is 0 Å². The quantitative estimate of drug-likeness (QED) is 0.651. The fourth-order valence-corrected chi connectivity index (χ4v) is 4.02. The van der Waals surface area contributed by atoms with E-state index >= 15 is 0 Å². The van der Waals surface area contributed by atoms with Gasteiger partial charge in [0.05, 0.1) is 5.92 Å². The standard InChI is InChI=1S/C21H20ClN3O2/c1-12-7-13(2)19(14(3)8-12)25-11-16(10-18(25)26)21-23-20(24-27-21)15-5-4-6-17(22)9-15/h4-9,16H,10-11H2,1-3H3. The molecule has 1 aliphatic heterocycles. The third-order valence-corrected chi connectivity index (χ3v) is 5.14. The Labute approximate surface area is 163 Å². The number of anilines is 1. The zero-order valence-electron chi connectivity index (χ0n) is 15.5. The van der Waals surface area contributed by atoms with E-state index in [0.717, 1.165) is 22.4 Å². The molecule has 0 aliphatic carbocycles. The molecule has 138 valence electrons. The summed E-state index contributed by atoms with van der Waals surface area (Å²) in [4.78, 5) is 19.0. The highest BCUT2D eigenvalue weighted by molar-refractivity contribution is 6.30. The predicted octanol–water partition coefficient (Wildman–Crippen LogP) is 4.84. The van der Waals surface area contributed by atoms with Crippen LogP contribution in [0.2, 0.25) is 5.02 Å². The summed E-state index contributed by atoms with van der Waals surface area (Å²) in [5.41, 5.74) is 5.19. The second-order valence-electron chi connectivity index (χ2n) is 7.12. The first-order chi connectivity index (χ1) is 12.9. The van der Waals surface area contributed by atoms with Gasteiger partial charge in [-0.2, -0.15) is 4.98 Å². The van der Waals surface area contributed by atoms with E-state index in [9.17, 15) is 4.79 Å². The van der Waals surface area contributed by atoms with Gasteiger partial charge in [0, 0.05) is 29.2 Å². The second kappa shape index (κ2) is 6.82. The summed E-state index contributed by atoms with van der Waals surface area (Å²) in [6, 6.07) is 11.5. The molecule has 1 aliphatic rings. The van der Waals surface area contributed by atoms with Gasteiger partial charge >= 0.3 is 0 Å². The van der Waals surface area contributed by atoms with Crippen molar-refractivity contribution in [2.75, 3.05) is 11.4 Å². The number of aromatic nitrogens is 2. The summed E-state index contributed by atoms with van der Waals surface area (Å²) in [6.07, 6.45) is 0.365. The molecule has 0 radical (unpaired) electrons. The van der Waals surface area contributed by atoms with Gasteiger partial charge in [0.1, 0.15) is 0 Å². The average Bonchev–Trinajstić information content (AvgIpc) is 3.22. The molecule has 0 bridgehead atoms. The lowest BCUT2D eigenvalue weighted by atomic mass is 10.0. The molecule has 27 heavy (non-hydrogen) atoms. The summed E-state index contributed by atoms with van der Waals surface area (Å²) in [6.45, 7) is 6.69. The van der Waals surface area contributed by atoms with Gasteiger partial charge in [0.15, 0.2) is 0 Å². The van der Waals surface area contributed by atoms with E-state index in [4.69, 9.17) is 16.1 Å². The van der Waals surface area contributed by atoms with Crippen LogP contribution in [0, 0.1) is 20.8 Å². The number of rotatable bonds is 3. The molecule has 1 fully saturated rings. The Bertz CT molecular complexity index is 1000. The molecule has 0 spiro atoms. The smallest absolute Gasteiger partial charge is 0.232 e.